The Kier molecular flexibility index (Phi) is 3.60. The predicted molar refractivity (Wildman–Crippen MR) is 97.7 cm³/mol. The molecule has 0 N–H and O–H groups in total. The van der Waals surface area contributed by atoms with Crippen LogP contribution in [0.4, 0.5) is 0 Å². The van der Waals surface area contributed by atoms with Crippen LogP contribution in [0.3, 0.4) is 0 Å². The molecule has 0 fully saturated rings. The third kappa shape index (κ3) is 2.69. The van der Waals surface area contributed by atoms with E-state index in [4.69, 9.17) is 0 Å². The zero-order valence-corrected chi connectivity index (χ0v) is 14.8. The molecule has 0 bridgehead atoms. The van der Waals surface area contributed by atoms with Crippen molar-refractivity contribution < 1.29 is 0 Å². The van der Waals surface area contributed by atoms with Crippen molar-refractivity contribution >= 4 is 10.9 Å². The second-order valence-corrected chi connectivity index (χ2v) is 6.59. The topological polar surface area (TPSA) is 61.4 Å². The Morgan fingerprint density at radius 2 is 1.92 bits per heavy atom. The molecule has 0 amide bonds. The first kappa shape index (κ1) is 15.5. The molecule has 0 saturated heterocycles. The largest absolute Gasteiger partial charge is 0.350 e. The van der Waals surface area contributed by atoms with Crippen LogP contribution in [0.5, 0.6) is 0 Å². The highest BCUT2D eigenvalue weighted by Gasteiger charge is 2.13. The Labute approximate surface area is 146 Å². The van der Waals surface area contributed by atoms with Gasteiger partial charge in [0.2, 0.25) is 0 Å². The second kappa shape index (κ2) is 5.81. The molecule has 0 aliphatic heterocycles. The maximum Gasteiger partial charge on any atom is 0.252 e. The molecule has 126 valence electrons. The van der Waals surface area contributed by atoms with Gasteiger partial charge in [0.15, 0.2) is 5.82 Å². The van der Waals surface area contributed by atoms with E-state index in [9.17, 15) is 0 Å². The highest BCUT2D eigenvalue weighted by molar-refractivity contribution is 5.88. The molecule has 3 heterocycles. The Bertz CT molecular complexity index is 1060. The predicted octanol–water partition coefficient (Wildman–Crippen LogP) is 3.65. The summed E-state index contributed by atoms with van der Waals surface area (Å²) in [6.07, 6.45) is 5.58. The molecular formula is C19H20N6. The molecule has 0 radical (unpaired) electrons. The van der Waals surface area contributed by atoms with Crippen molar-refractivity contribution in [3.8, 4) is 17.3 Å². The molecule has 0 atom stereocenters. The van der Waals surface area contributed by atoms with Crippen LogP contribution in [0, 0.1) is 6.92 Å². The summed E-state index contributed by atoms with van der Waals surface area (Å²) in [6.45, 7) is 6.35. The number of aromatic nitrogens is 6. The third-order valence-corrected chi connectivity index (χ3v) is 4.38. The molecule has 0 spiro atoms. The molecule has 4 rings (SSSR count). The summed E-state index contributed by atoms with van der Waals surface area (Å²) in [5.74, 6) is 1.66. The van der Waals surface area contributed by atoms with Gasteiger partial charge in [0.05, 0.1) is 0 Å². The Morgan fingerprint density at radius 3 is 2.68 bits per heavy atom. The fraction of sp³-hybridized carbons (Fsp3) is 0.263. The number of hydrogen-bond donors (Lipinski definition) is 0. The van der Waals surface area contributed by atoms with E-state index < -0.39 is 0 Å². The molecule has 0 unspecified atom stereocenters. The monoisotopic (exact) mass is 332 g/mol. The Balaban J connectivity index is 1.79. The Hall–Kier alpha value is -3.02. The van der Waals surface area contributed by atoms with E-state index in [1.165, 1.54) is 16.5 Å². The summed E-state index contributed by atoms with van der Waals surface area (Å²) in [6, 6.07) is 8.21. The zero-order valence-electron chi connectivity index (χ0n) is 14.8. The van der Waals surface area contributed by atoms with Crippen LogP contribution in [-0.2, 0) is 7.05 Å². The van der Waals surface area contributed by atoms with Crippen LogP contribution in [-0.4, -0.2) is 29.3 Å². The minimum absolute atomic E-state index is 0.463. The van der Waals surface area contributed by atoms with Crippen molar-refractivity contribution in [1.82, 2.24) is 29.3 Å². The minimum Gasteiger partial charge on any atom is -0.350 e. The molecule has 6 nitrogen and oxygen atoms in total. The lowest BCUT2D eigenvalue weighted by atomic mass is 10.0. The van der Waals surface area contributed by atoms with Crippen molar-refractivity contribution in [3.63, 3.8) is 0 Å². The van der Waals surface area contributed by atoms with Crippen LogP contribution in [0.15, 0.2) is 43.0 Å². The van der Waals surface area contributed by atoms with Gasteiger partial charge in [-0.1, -0.05) is 13.8 Å². The van der Waals surface area contributed by atoms with Crippen LogP contribution in [0.1, 0.15) is 31.0 Å². The third-order valence-electron chi connectivity index (χ3n) is 4.38. The van der Waals surface area contributed by atoms with Crippen molar-refractivity contribution in [2.45, 2.75) is 26.7 Å². The van der Waals surface area contributed by atoms with Crippen molar-refractivity contribution in [2.75, 3.05) is 0 Å². The number of rotatable bonds is 3. The first-order chi connectivity index (χ1) is 12.0. The number of nitrogens with zero attached hydrogens (tertiary/aromatic N) is 6. The Morgan fingerprint density at radius 1 is 1.08 bits per heavy atom. The summed E-state index contributed by atoms with van der Waals surface area (Å²) in [4.78, 5) is 13.1. The lowest BCUT2D eigenvalue weighted by molar-refractivity contribution is 0.801. The number of hydrogen-bond acceptors (Lipinski definition) is 4. The van der Waals surface area contributed by atoms with E-state index >= 15 is 0 Å². The zero-order chi connectivity index (χ0) is 17.6. The lowest BCUT2D eigenvalue weighted by Crippen LogP contribution is -2.02. The van der Waals surface area contributed by atoms with E-state index in [1.54, 1.807) is 17.2 Å². The van der Waals surface area contributed by atoms with Crippen LogP contribution >= 0.6 is 0 Å². The molecule has 3 aromatic heterocycles. The molecular weight excluding hydrogens is 312 g/mol. The van der Waals surface area contributed by atoms with E-state index in [1.807, 2.05) is 13.0 Å². The highest BCUT2D eigenvalue weighted by atomic mass is 15.4. The maximum atomic E-state index is 4.55. The molecule has 25 heavy (non-hydrogen) atoms. The van der Waals surface area contributed by atoms with Gasteiger partial charge < -0.3 is 4.57 Å². The van der Waals surface area contributed by atoms with Gasteiger partial charge in [0.1, 0.15) is 6.33 Å². The van der Waals surface area contributed by atoms with Gasteiger partial charge in [0, 0.05) is 41.6 Å². The molecule has 4 aromatic rings. The summed E-state index contributed by atoms with van der Waals surface area (Å²) >= 11 is 0. The standard InChI is InChI=1S/C19H20N6/c1-12(2)16-10-24(4)17-6-5-14(9-15(16)17)18-21-11-25(23-18)19-20-8-7-13(3)22-19/h5-12H,1-4H3. The summed E-state index contributed by atoms with van der Waals surface area (Å²) in [5, 5.41) is 5.80. The minimum atomic E-state index is 0.463. The van der Waals surface area contributed by atoms with Crippen molar-refractivity contribution in [3.05, 3.63) is 54.2 Å². The molecule has 1 aromatic carbocycles. The van der Waals surface area contributed by atoms with E-state index in [-0.39, 0.29) is 0 Å². The normalized spacial score (nSPS) is 11.6. The SMILES string of the molecule is Cc1ccnc(-n2cnc(-c3ccc4c(c3)c(C(C)C)cn4C)n2)n1. The first-order valence-electron chi connectivity index (χ1n) is 8.34. The molecule has 0 saturated carbocycles. The highest BCUT2D eigenvalue weighted by Crippen LogP contribution is 2.30. The number of benzene rings is 1. The van der Waals surface area contributed by atoms with E-state index in [2.05, 4.69) is 69.9 Å². The van der Waals surface area contributed by atoms with Crippen molar-refractivity contribution in [2.24, 2.45) is 7.05 Å². The van der Waals surface area contributed by atoms with Crippen LogP contribution in [0.2, 0.25) is 0 Å². The summed E-state index contributed by atoms with van der Waals surface area (Å²) in [7, 11) is 2.08. The van der Waals surface area contributed by atoms with Gasteiger partial charge in [-0.3, -0.25) is 0 Å². The number of aryl methyl sites for hydroxylation is 2. The fourth-order valence-electron chi connectivity index (χ4n) is 3.06. The average molecular weight is 332 g/mol. The van der Waals surface area contributed by atoms with Gasteiger partial charge in [-0.2, -0.15) is 4.68 Å². The molecule has 0 aliphatic carbocycles. The quantitative estimate of drug-likeness (QED) is 0.574. The maximum absolute atomic E-state index is 4.55. The average Bonchev–Trinajstić information content (AvgIpc) is 3.20. The number of fused-ring (bicyclic) bond motifs is 1. The lowest BCUT2D eigenvalue weighted by Gasteiger charge is -2.03. The molecule has 0 aliphatic rings. The molecule has 6 heteroatoms. The summed E-state index contributed by atoms with van der Waals surface area (Å²) in [5.41, 5.74) is 4.44. The van der Waals surface area contributed by atoms with Crippen molar-refractivity contribution in [1.29, 1.82) is 0 Å². The summed E-state index contributed by atoms with van der Waals surface area (Å²) < 4.78 is 3.78. The fourth-order valence-corrected chi connectivity index (χ4v) is 3.06. The van der Waals surface area contributed by atoms with Gasteiger partial charge in [0.25, 0.3) is 5.95 Å². The van der Waals surface area contributed by atoms with Crippen LogP contribution in [0.25, 0.3) is 28.2 Å². The smallest absolute Gasteiger partial charge is 0.252 e. The van der Waals surface area contributed by atoms with Crippen LogP contribution < -0.4 is 0 Å². The van der Waals surface area contributed by atoms with Gasteiger partial charge in [-0.25, -0.2) is 15.0 Å². The van der Waals surface area contributed by atoms with E-state index in [0.29, 0.717) is 17.7 Å². The first-order valence-corrected chi connectivity index (χ1v) is 8.34. The second-order valence-electron chi connectivity index (χ2n) is 6.59. The van der Waals surface area contributed by atoms with Gasteiger partial charge in [-0.15, -0.1) is 5.10 Å². The van der Waals surface area contributed by atoms with E-state index in [0.717, 1.165) is 11.3 Å². The van der Waals surface area contributed by atoms with Gasteiger partial charge >= 0.3 is 0 Å². The van der Waals surface area contributed by atoms with Gasteiger partial charge in [-0.05, 0) is 42.7 Å².